The third kappa shape index (κ3) is 5.93. The Bertz CT molecular complexity index is 955. The van der Waals surface area contributed by atoms with Gasteiger partial charge < -0.3 is 34.1 Å². The van der Waals surface area contributed by atoms with Crippen molar-refractivity contribution in [1.29, 1.82) is 0 Å². The Hall–Kier alpha value is -2.97. The zero-order valence-corrected chi connectivity index (χ0v) is 20.2. The number of carbonyl (C=O) groups excluding carboxylic acids is 1. The number of anilines is 3. The molecule has 2 aliphatic rings. The molecule has 1 N–H and O–H groups in total. The minimum Gasteiger partial charge on any atom is -0.490 e. The molecule has 184 valence electrons. The van der Waals surface area contributed by atoms with E-state index in [9.17, 15) is 4.79 Å². The van der Waals surface area contributed by atoms with Crippen molar-refractivity contribution in [3.05, 3.63) is 42.0 Å². The molecule has 0 bridgehead atoms. The standard InChI is InChI=1S/C26H35N3O5/c1-3-13-34-24-8-5-20(18-25(24)33-4-2)26(30)27-22-7-6-21(28-9-14-31-15-10-28)19-23(22)29-11-16-32-17-12-29/h5-8,18-19H,3-4,9-17H2,1-2H3,(H,27,30). The highest BCUT2D eigenvalue weighted by molar-refractivity contribution is 6.06. The second-order valence-corrected chi connectivity index (χ2v) is 8.30. The fourth-order valence-corrected chi connectivity index (χ4v) is 4.15. The van der Waals surface area contributed by atoms with Gasteiger partial charge in [-0.2, -0.15) is 0 Å². The highest BCUT2D eigenvalue weighted by atomic mass is 16.5. The van der Waals surface area contributed by atoms with E-state index in [1.54, 1.807) is 18.2 Å². The van der Waals surface area contributed by atoms with Gasteiger partial charge in [-0.15, -0.1) is 0 Å². The van der Waals surface area contributed by atoms with Gasteiger partial charge in [-0.3, -0.25) is 4.79 Å². The zero-order chi connectivity index (χ0) is 23.8. The largest absolute Gasteiger partial charge is 0.490 e. The van der Waals surface area contributed by atoms with Crippen molar-refractivity contribution in [3.8, 4) is 11.5 Å². The van der Waals surface area contributed by atoms with Gasteiger partial charge in [0.1, 0.15) is 0 Å². The number of amides is 1. The van der Waals surface area contributed by atoms with Crippen LogP contribution in [0.15, 0.2) is 36.4 Å². The van der Waals surface area contributed by atoms with Crippen molar-refractivity contribution < 1.29 is 23.7 Å². The Balaban J connectivity index is 1.58. The first kappa shape index (κ1) is 24.2. The van der Waals surface area contributed by atoms with E-state index in [4.69, 9.17) is 18.9 Å². The predicted octanol–water partition coefficient (Wildman–Crippen LogP) is 3.80. The minimum atomic E-state index is -0.184. The molecule has 2 fully saturated rings. The van der Waals surface area contributed by atoms with E-state index < -0.39 is 0 Å². The van der Waals surface area contributed by atoms with E-state index >= 15 is 0 Å². The Morgan fingerprint density at radius 3 is 2.26 bits per heavy atom. The third-order valence-corrected chi connectivity index (χ3v) is 5.92. The van der Waals surface area contributed by atoms with Crippen LogP contribution in [0, 0.1) is 0 Å². The summed E-state index contributed by atoms with van der Waals surface area (Å²) in [5, 5.41) is 3.13. The molecule has 8 heteroatoms. The number of nitrogens with zero attached hydrogens (tertiary/aromatic N) is 2. The van der Waals surface area contributed by atoms with E-state index in [1.165, 1.54) is 0 Å². The number of benzene rings is 2. The third-order valence-electron chi connectivity index (χ3n) is 5.92. The van der Waals surface area contributed by atoms with E-state index in [0.717, 1.165) is 62.9 Å². The fourth-order valence-electron chi connectivity index (χ4n) is 4.15. The molecular weight excluding hydrogens is 434 g/mol. The van der Waals surface area contributed by atoms with Gasteiger partial charge in [0, 0.05) is 37.4 Å². The lowest BCUT2D eigenvalue weighted by atomic mass is 10.1. The van der Waals surface area contributed by atoms with Crippen LogP contribution in [0.25, 0.3) is 0 Å². The number of morpholine rings is 2. The molecule has 0 aliphatic carbocycles. The summed E-state index contributed by atoms with van der Waals surface area (Å²) in [5.41, 5.74) is 3.46. The summed E-state index contributed by atoms with van der Waals surface area (Å²) >= 11 is 0. The van der Waals surface area contributed by atoms with Gasteiger partial charge in [-0.1, -0.05) is 6.92 Å². The minimum absolute atomic E-state index is 0.184. The summed E-state index contributed by atoms with van der Waals surface area (Å²) < 4.78 is 22.6. The molecule has 0 atom stereocenters. The molecule has 2 aliphatic heterocycles. The molecule has 2 saturated heterocycles. The Morgan fingerprint density at radius 2 is 1.59 bits per heavy atom. The van der Waals surface area contributed by atoms with Gasteiger partial charge in [0.25, 0.3) is 5.91 Å². The Kier molecular flexibility index (Phi) is 8.49. The van der Waals surface area contributed by atoms with Crippen LogP contribution in [0.3, 0.4) is 0 Å². The van der Waals surface area contributed by atoms with Gasteiger partial charge in [-0.25, -0.2) is 0 Å². The average Bonchev–Trinajstić information content (AvgIpc) is 2.89. The summed E-state index contributed by atoms with van der Waals surface area (Å²) in [7, 11) is 0. The molecule has 0 spiro atoms. The molecule has 2 aromatic carbocycles. The lowest BCUT2D eigenvalue weighted by molar-refractivity contribution is 0.102. The monoisotopic (exact) mass is 469 g/mol. The van der Waals surface area contributed by atoms with Crippen LogP contribution in [0.5, 0.6) is 11.5 Å². The molecule has 0 unspecified atom stereocenters. The average molecular weight is 470 g/mol. The lowest BCUT2D eigenvalue weighted by Crippen LogP contribution is -2.38. The van der Waals surface area contributed by atoms with Crippen molar-refractivity contribution in [3.63, 3.8) is 0 Å². The second-order valence-electron chi connectivity index (χ2n) is 8.30. The van der Waals surface area contributed by atoms with Crippen molar-refractivity contribution in [1.82, 2.24) is 0 Å². The molecule has 0 radical (unpaired) electrons. The zero-order valence-electron chi connectivity index (χ0n) is 20.2. The summed E-state index contributed by atoms with van der Waals surface area (Å²) in [6, 6.07) is 11.6. The number of rotatable bonds is 9. The highest BCUT2D eigenvalue weighted by Crippen LogP contribution is 2.33. The number of ether oxygens (including phenoxy) is 4. The topological polar surface area (TPSA) is 72.5 Å². The normalized spacial score (nSPS) is 16.3. The maximum atomic E-state index is 13.2. The molecule has 1 amide bonds. The van der Waals surface area contributed by atoms with E-state index in [-0.39, 0.29) is 5.91 Å². The van der Waals surface area contributed by atoms with E-state index in [1.807, 2.05) is 13.0 Å². The first-order chi connectivity index (χ1) is 16.7. The van der Waals surface area contributed by atoms with Crippen LogP contribution in [-0.4, -0.2) is 71.7 Å². The number of hydrogen-bond acceptors (Lipinski definition) is 7. The maximum Gasteiger partial charge on any atom is 0.255 e. The van der Waals surface area contributed by atoms with Gasteiger partial charge in [0.05, 0.1) is 51.0 Å². The van der Waals surface area contributed by atoms with Crippen molar-refractivity contribution in [2.75, 3.05) is 80.9 Å². The molecule has 2 aromatic rings. The van der Waals surface area contributed by atoms with Crippen LogP contribution in [-0.2, 0) is 9.47 Å². The smallest absolute Gasteiger partial charge is 0.255 e. The van der Waals surface area contributed by atoms with Gasteiger partial charge in [0.2, 0.25) is 0 Å². The van der Waals surface area contributed by atoms with Gasteiger partial charge >= 0.3 is 0 Å². The SMILES string of the molecule is CCCOc1ccc(C(=O)Nc2ccc(N3CCOCC3)cc2N2CCOCC2)cc1OCC. The summed E-state index contributed by atoms with van der Waals surface area (Å²) in [5.74, 6) is 1.06. The maximum absolute atomic E-state index is 13.2. The number of nitrogens with one attached hydrogen (secondary N) is 1. The summed E-state index contributed by atoms with van der Waals surface area (Å²) in [6.07, 6.45) is 0.901. The molecule has 0 aromatic heterocycles. The Labute approximate surface area is 201 Å². The van der Waals surface area contributed by atoms with Crippen molar-refractivity contribution in [2.45, 2.75) is 20.3 Å². The van der Waals surface area contributed by atoms with Crippen LogP contribution >= 0.6 is 0 Å². The van der Waals surface area contributed by atoms with Gasteiger partial charge in [0.15, 0.2) is 11.5 Å². The number of carbonyl (C=O) groups is 1. The van der Waals surface area contributed by atoms with Crippen LogP contribution < -0.4 is 24.6 Å². The first-order valence-electron chi connectivity index (χ1n) is 12.2. The predicted molar refractivity (Wildman–Crippen MR) is 134 cm³/mol. The molecule has 2 heterocycles. The van der Waals surface area contributed by atoms with Crippen LogP contribution in [0.4, 0.5) is 17.1 Å². The molecule has 8 nitrogen and oxygen atoms in total. The molecule has 0 saturated carbocycles. The summed E-state index contributed by atoms with van der Waals surface area (Å²) in [4.78, 5) is 17.8. The van der Waals surface area contributed by atoms with Crippen LogP contribution in [0.1, 0.15) is 30.6 Å². The quantitative estimate of drug-likeness (QED) is 0.599. The second kappa shape index (κ2) is 11.9. The van der Waals surface area contributed by atoms with E-state index in [2.05, 4.69) is 34.2 Å². The van der Waals surface area contributed by atoms with E-state index in [0.29, 0.717) is 43.5 Å². The van der Waals surface area contributed by atoms with Crippen molar-refractivity contribution in [2.24, 2.45) is 0 Å². The van der Waals surface area contributed by atoms with Crippen molar-refractivity contribution >= 4 is 23.0 Å². The Morgan fingerprint density at radius 1 is 0.882 bits per heavy atom. The lowest BCUT2D eigenvalue weighted by Gasteiger charge is -2.33. The molecule has 4 rings (SSSR count). The molecule has 34 heavy (non-hydrogen) atoms. The van der Waals surface area contributed by atoms with Crippen LogP contribution in [0.2, 0.25) is 0 Å². The van der Waals surface area contributed by atoms with Gasteiger partial charge in [-0.05, 0) is 49.7 Å². The fraction of sp³-hybridized carbons (Fsp3) is 0.500. The highest BCUT2D eigenvalue weighted by Gasteiger charge is 2.20. The number of hydrogen-bond donors (Lipinski definition) is 1. The molecular formula is C26H35N3O5. The first-order valence-corrected chi connectivity index (χ1v) is 12.2. The summed E-state index contributed by atoms with van der Waals surface area (Å²) in [6.45, 7) is 11.2.